The molecule has 162 valence electrons. The Kier molecular flexibility index (Phi) is 12.2. The van der Waals surface area contributed by atoms with Gasteiger partial charge in [-0.1, -0.05) is 44.7 Å². The van der Waals surface area contributed by atoms with E-state index in [4.69, 9.17) is 10.5 Å². The van der Waals surface area contributed by atoms with Crippen LogP contribution >= 0.6 is 0 Å². The Labute approximate surface area is 178 Å². The zero-order valence-electron chi connectivity index (χ0n) is 18.2. The van der Waals surface area contributed by atoms with Gasteiger partial charge in [-0.2, -0.15) is 0 Å². The van der Waals surface area contributed by atoms with E-state index in [1.807, 2.05) is 62.4 Å². The van der Waals surface area contributed by atoms with Crippen molar-refractivity contribution in [2.75, 3.05) is 19.9 Å². The lowest BCUT2D eigenvalue weighted by molar-refractivity contribution is 0.416. The number of rotatable bonds is 5. The zero-order valence-corrected chi connectivity index (χ0v) is 18.2. The molecular formula is C24H33N3O3. The Hall–Kier alpha value is -3.35. The summed E-state index contributed by atoms with van der Waals surface area (Å²) in [6.07, 6.45) is 3.45. The summed E-state index contributed by atoms with van der Waals surface area (Å²) in [5.41, 5.74) is 14.8. The fourth-order valence-electron chi connectivity index (χ4n) is 2.76. The number of ether oxygens (including phenoxy) is 1. The molecule has 0 unspecified atom stereocenters. The van der Waals surface area contributed by atoms with Crippen LogP contribution in [0.1, 0.15) is 25.0 Å². The molecule has 3 rings (SSSR count). The summed E-state index contributed by atoms with van der Waals surface area (Å²) in [6.45, 7) is 8.17. The Morgan fingerprint density at radius 2 is 1.77 bits per heavy atom. The van der Waals surface area contributed by atoms with Gasteiger partial charge in [0.05, 0.1) is 13.7 Å². The number of pyridine rings is 1. The molecule has 0 saturated heterocycles. The molecule has 6 heteroatoms. The van der Waals surface area contributed by atoms with Gasteiger partial charge in [0.1, 0.15) is 5.75 Å². The number of nitrogens with zero attached hydrogens (tertiary/aromatic N) is 1. The van der Waals surface area contributed by atoms with Crippen LogP contribution in [0.15, 0.2) is 72.2 Å². The van der Waals surface area contributed by atoms with Gasteiger partial charge in [0, 0.05) is 23.5 Å². The van der Waals surface area contributed by atoms with Gasteiger partial charge >= 0.3 is 0 Å². The number of anilines is 1. The predicted molar refractivity (Wildman–Crippen MR) is 128 cm³/mol. The lowest BCUT2D eigenvalue weighted by Gasteiger charge is -2.13. The van der Waals surface area contributed by atoms with E-state index in [0.29, 0.717) is 12.2 Å². The molecule has 0 radical (unpaired) electrons. The fraction of sp³-hybridized carbons (Fsp3) is 0.208. The number of hydrogen-bond donors (Lipinski definition) is 2. The van der Waals surface area contributed by atoms with E-state index in [9.17, 15) is 4.79 Å². The summed E-state index contributed by atoms with van der Waals surface area (Å²) >= 11 is 0. The summed E-state index contributed by atoms with van der Waals surface area (Å²) in [5.74, 6) is 0.767. The maximum Gasteiger partial charge on any atom is 0.251 e. The third-order valence-electron chi connectivity index (χ3n) is 4.07. The minimum Gasteiger partial charge on any atom is -0.496 e. The standard InChI is InChI=1S/C21H20N2O2.C2H6.CH5N.H2O/c1-3-15-9-10-23(21(24)12-15)14-16-7-8-20(25-2)19(11-16)17-5-4-6-18(22)13-17;2*1-2;/h3-13H,1,14,22H2,2H3;1-2H3;2H2,1H3;1H2. The molecule has 0 bridgehead atoms. The van der Waals surface area contributed by atoms with Crippen LogP contribution < -0.4 is 21.8 Å². The van der Waals surface area contributed by atoms with Crippen molar-refractivity contribution in [1.82, 2.24) is 4.57 Å². The van der Waals surface area contributed by atoms with Crippen molar-refractivity contribution in [3.63, 3.8) is 0 Å². The minimum absolute atomic E-state index is 0. The maximum atomic E-state index is 12.2. The lowest BCUT2D eigenvalue weighted by atomic mass is 10.0. The smallest absolute Gasteiger partial charge is 0.251 e. The van der Waals surface area contributed by atoms with Gasteiger partial charge in [-0.15, -0.1) is 0 Å². The van der Waals surface area contributed by atoms with Crippen LogP contribution in [0.25, 0.3) is 17.2 Å². The van der Waals surface area contributed by atoms with Gasteiger partial charge in [-0.3, -0.25) is 4.79 Å². The van der Waals surface area contributed by atoms with Crippen molar-refractivity contribution < 1.29 is 10.2 Å². The van der Waals surface area contributed by atoms with Crippen LogP contribution in [-0.4, -0.2) is 24.2 Å². The highest BCUT2D eigenvalue weighted by molar-refractivity contribution is 5.73. The summed E-state index contributed by atoms with van der Waals surface area (Å²) in [4.78, 5) is 12.2. The van der Waals surface area contributed by atoms with E-state index in [1.165, 1.54) is 7.05 Å². The second-order valence-electron chi connectivity index (χ2n) is 5.79. The van der Waals surface area contributed by atoms with Crippen LogP contribution in [0.5, 0.6) is 5.75 Å². The Morgan fingerprint density at radius 3 is 2.33 bits per heavy atom. The van der Waals surface area contributed by atoms with Crippen LogP contribution in [0.2, 0.25) is 0 Å². The molecule has 0 spiro atoms. The first-order valence-electron chi connectivity index (χ1n) is 9.54. The topological polar surface area (TPSA) is 115 Å². The van der Waals surface area contributed by atoms with Crippen molar-refractivity contribution in [1.29, 1.82) is 0 Å². The average Bonchev–Trinajstić information content (AvgIpc) is 2.78. The van der Waals surface area contributed by atoms with Gasteiger partial charge in [0.25, 0.3) is 5.56 Å². The van der Waals surface area contributed by atoms with E-state index in [1.54, 1.807) is 30.0 Å². The largest absolute Gasteiger partial charge is 0.496 e. The maximum absolute atomic E-state index is 12.2. The number of hydrogen-bond acceptors (Lipinski definition) is 4. The number of benzene rings is 2. The molecular weight excluding hydrogens is 378 g/mol. The highest BCUT2D eigenvalue weighted by atomic mass is 16.5. The van der Waals surface area contributed by atoms with Crippen LogP contribution in [-0.2, 0) is 6.54 Å². The molecule has 30 heavy (non-hydrogen) atoms. The molecule has 0 amide bonds. The van der Waals surface area contributed by atoms with Crippen molar-refractivity contribution >= 4 is 11.8 Å². The Morgan fingerprint density at radius 1 is 1.07 bits per heavy atom. The second-order valence-corrected chi connectivity index (χ2v) is 5.79. The Balaban J connectivity index is 0.00000159. The third kappa shape index (κ3) is 6.92. The molecule has 0 saturated carbocycles. The number of nitrogens with two attached hydrogens (primary N) is 2. The first-order chi connectivity index (χ1) is 14.1. The van der Waals surface area contributed by atoms with E-state index in [0.717, 1.165) is 28.0 Å². The normalized spacial score (nSPS) is 9.10. The Bertz CT molecular complexity index is 981. The highest BCUT2D eigenvalue weighted by Gasteiger charge is 2.08. The molecule has 1 heterocycles. The number of nitrogen functional groups attached to an aromatic ring is 1. The molecule has 6 N–H and O–H groups in total. The van der Waals surface area contributed by atoms with Crippen LogP contribution in [0, 0.1) is 0 Å². The minimum atomic E-state index is -0.0567. The van der Waals surface area contributed by atoms with Gasteiger partial charge in [0.2, 0.25) is 0 Å². The summed E-state index contributed by atoms with van der Waals surface area (Å²) in [7, 11) is 3.14. The average molecular weight is 412 g/mol. The molecule has 1 aromatic heterocycles. The zero-order chi connectivity index (χ0) is 21.8. The van der Waals surface area contributed by atoms with Crippen molar-refractivity contribution in [2.24, 2.45) is 5.73 Å². The van der Waals surface area contributed by atoms with E-state index >= 15 is 0 Å². The molecule has 3 aromatic rings. The van der Waals surface area contributed by atoms with E-state index in [2.05, 4.69) is 12.3 Å². The van der Waals surface area contributed by atoms with E-state index < -0.39 is 0 Å². The van der Waals surface area contributed by atoms with Crippen molar-refractivity contribution in [2.45, 2.75) is 20.4 Å². The summed E-state index contributed by atoms with van der Waals surface area (Å²) < 4.78 is 7.14. The van der Waals surface area contributed by atoms with Gasteiger partial charge < -0.3 is 26.2 Å². The van der Waals surface area contributed by atoms with Gasteiger partial charge in [-0.05, 0) is 54.1 Å². The predicted octanol–water partition coefficient (Wildman–Crippen LogP) is 3.57. The SMILES string of the molecule is C=Cc1ccn(Cc2ccc(OC)c(-c3cccc(N)c3)c2)c(=O)c1.CC.CN.O. The monoisotopic (exact) mass is 411 g/mol. The first kappa shape index (κ1) is 26.6. The van der Waals surface area contributed by atoms with Crippen LogP contribution in [0.3, 0.4) is 0 Å². The third-order valence-corrected chi connectivity index (χ3v) is 4.07. The highest BCUT2D eigenvalue weighted by Crippen LogP contribution is 2.32. The molecule has 0 fully saturated rings. The first-order valence-corrected chi connectivity index (χ1v) is 9.54. The molecule has 0 aliphatic carbocycles. The molecule has 2 aromatic carbocycles. The second kappa shape index (κ2) is 13.8. The quantitative estimate of drug-likeness (QED) is 0.624. The van der Waals surface area contributed by atoms with Crippen molar-refractivity contribution in [3.05, 3.63) is 88.9 Å². The van der Waals surface area contributed by atoms with Gasteiger partial charge in [-0.25, -0.2) is 0 Å². The molecule has 0 atom stereocenters. The lowest BCUT2D eigenvalue weighted by Crippen LogP contribution is -2.19. The van der Waals surface area contributed by atoms with Gasteiger partial charge in [0.15, 0.2) is 0 Å². The molecule has 6 nitrogen and oxygen atoms in total. The summed E-state index contributed by atoms with van der Waals surface area (Å²) in [5, 5.41) is 0. The molecule has 0 aliphatic heterocycles. The number of aromatic nitrogens is 1. The summed E-state index contributed by atoms with van der Waals surface area (Å²) in [6, 6.07) is 17.0. The number of methoxy groups -OCH3 is 1. The van der Waals surface area contributed by atoms with Crippen LogP contribution in [0.4, 0.5) is 5.69 Å². The fourth-order valence-corrected chi connectivity index (χ4v) is 2.76. The molecule has 0 aliphatic rings. The van der Waals surface area contributed by atoms with E-state index in [-0.39, 0.29) is 11.0 Å². The van der Waals surface area contributed by atoms with Crippen molar-refractivity contribution in [3.8, 4) is 16.9 Å².